The second kappa shape index (κ2) is 5.93. The van der Waals surface area contributed by atoms with E-state index in [-0.39, 0.29) is 5.91 Å². The number of amides is 3. The lowest BCUT2D eigenvalue weighted by atomic mass is 9.95. The van der Waals surface area contributed by atoms with Crippen LogP contribution in [0.4, 0.5) is 16.2 Å². The first-order chi connectivity index (χ1) is 11.0. The summed E-state index contributed by atoms with van der Waals surface area (Å²) < 4.78 is 0. The predicted octanol–water partition coefficient (Wildman–Crippen LogP) is 3.50. The molecule has 0 bridgehead atoms. The van der Waals surface area contributed by atoms with Gasteiger partial charge in [-0.3, -0.25) is 4.79 Å². The Morgan fingerprint density at radius 1 is 0.913 bits per heavy atom. The Morgan fingerprint density at radius 2 is 1.43 bits per heavy atom. The molecule has 0 atom stereocenters. The highest BCUT2D eigenvalue weighted by molar-refractivity contribution is 6.30. The summed E-state index contributed by atoms with van der Waals surface area (Å²) >= 11 is 5.90. The van der Waals surface area contributed by atoms with Gasteiger partial charge < -0.3 is 16.4 Å². The van der Waals surface area contributed by atoms with Gasteiger partial charge in [0.2, 0.25) is 5.91 Å². The standard InChI is InChI=1S/C17H16ClN3O2/c18-12-3-1-11(2-4-12)17(9-10-17)15(22)20-13-5-7-14(8-6-13)21-16(19)23/h1-8H,9-10H2,(H,20,22)(H3,19,21,23). The van der Waals surface area contributed by atoms with Crippen LogP contribution in [-0.2, 0) is 10.2 Å². The van der Waals surface area contributed by atoms with Gasteiger partial charge in [0.15, 0.2) is 0 Å². The van der Waals surface area contributed by atoms with E-state index in [0.29, 0.717) is 16.4 Å². The van der Waals surface area contributed by atoms with Gasteiger partial charge in [0, 0.05) is 16.4 Å². The smallest absolute Gasteiger partial charge is 0.316 e. The van der Waals surface area contributed by atoms with Crippen molar-refractivity contribution in [2.45, 2.75) is 18.3 Å². The number of halogens is 1. The molecule has 0 unspecified atom stereocenters. The zero-order valence-corrected chi connectivity index (χ0v) is 13.1. The van der Waals surface area contributed by atoms with Crippen molar-refractivity contribution in [1.29, 1.82) is 0 Å². The Morgan fingerprint density at radius 3 is 1.91 bits per heavy atom. The van der Waals surface area contributed by atoms with Gasteiger partial charge in [-0.1, -0.05) is 23.7 Å². The van der Waals surface area contributed by atoms with E-state index in [1.165, 1.54) is 0 Å². The van der Waals surface area contributed by atoms with E-state index in [1.54, 1.807) is 36.4 Å². The summed E-state index contributed by atoms with van der Waals surface area (Å²) in [6.45, 7) is 0. The lowest BCUT2D eigenvalue weighted by molar-refractivity contribution is -0.118. The number of carbonyl (C=O) groups excluding carboxylic acids is 2. The fourth-order valence-corrected chi connectivity index (χ4v) is 2.70. The second-order valence-corrected chi connectivity index (χ2v) is 6.05. The second-order valence-electron chi connectivity index (χ2n) is 5.61. The minimum atomic E-state index is -0.624. The van der Waals surface area contributed by atoms with E-state index < -0.39 is 11.4 Å². The Balaban J connectivity index is 1.71. The van der Waals surface area contributed by atoms with Crippen LogP contribution in [0, 0.1) is 0 Å². The molecule has 0 spiro atoms. The number of primary amides is 1. The molecule has 118 valence electrons. The number of urea groups is 1. The van der Waals surface area contributed by atoms with Crippen LogP contribution in [0.1, 0.15) is 18.4 Å². The fraction of sp³-hybridized carbons (Fsp3) is 0.176. The average Bonchev–Trinajstić information content (AvgIpc) is 3.31. The van der Waals surface area contributed by atoms with Crippen LogP contribution in [-0.4, -0.2) is 11.9 Å². The van der Waals surface area contributed by atoms with Gasteiger partial charge in [-0.25, -0.2) is 4.79 Å². The van der Waals surface area contributed by atoms with E-state index >= 15 is 0 Å². The monoisotopic (exact) mass is 329 g/mol. The highest BCUT2D eigenvalue weighted by atomic mass is 35.5. The summed E-state index contributed by atoms with van der Waals surface area (Å²) in [5.74, 6) is -0.0320. The fourth-order valence-electron chi connectivity index (χ4n) is 2.57. The van der Waals surface area contributed by atoms with Crippen molar-refractivity contribution < 1.29 is 9.59 Å². The Hall–Kier alpha value is -2.53. The van der Waals surface area contributed by atoms with Crippen LogP contribution < -0.4 is 16.4 Å². The number of carbonyl (C=O) groups is 2. The van der Waals surface area contributed by atoms with Gasteiger partial charge in [-0.2, -0.15) is 0 Å². The molecule has 3 amide bonds. The molecule has 0 heterocycles. The minimum Gasteiger partial charge on any atom is -0.351 e. The number of nitrogens with two attached hydrogens (primary N) is 1. The zero-order chi connectivity index (χ0) is 16.4. The summed E-state index contributed by atoms with van der Waals surface area (Å²) in [4.78, 5) is 23.4. The number of hydrogen-bond acceptors (Lipinski definition) is 2. The lowest BCUT2D eigenvalue weighted by Gasteiger charge is -2.16. The molecule has 1 fully saturated rings. The lowest BCUT2D eigenvalue weighted by Crippen LogP contribution is -2.27. The van der Waals surface area contributed by atoms with Gasteiger partial charge in [-0.15, -0.1) is 0 Å². The third-order valence-corrected chi connectivity index (χ3v) is 4.24. The highest BCUT2D eigenvalue weighted by Crippen LogP contribution is 2.49. The van der Waals surface area contributed by atoms with Crippen LogP contribution >= 0.6 is 11.6 Å². The quantitative estimate of drug-likeness (QED) is 0.802. The maximum absolute atomic E-state index is 12.6. The summed E-state index contributed by atoms with van der Waals surface area (Å²) in [6, 6.07) is 13.6. The van der Waals surface area contributed by atoms with Crippen LogP contribution in [0.2, 0.25) is 5.02 Å². The minimum absolute atomic E-state index is 0.0320. The molecule has 0 radical (unpaired) electrons. The molecule has 5 nitrogen and oxygen atoms in total. The Labute approximate surface area is 138 Å². The highest BCUT2D eigenvalue weighted by Gasteiger charge is 2.51. The summed E-state index contributed by atoms with van der Waals surface area (Å²) in [5.41, 5.74) is 6.82. The van der Waals surface area contributed by atoms with Crippen molar-refractivity contribution in [1.82, 2.24) is 0 Å². The molecule has 2 aromatic rings. The number of hydrogen-bond donors (Lipinski definition) is 3. The first-order valence-electron chi connectivity index (χ1n) is 7.24. The first kappa shape index (κ1) is 15.4. The number of anilines is 2. The van der Waals surface area contributed by atoms with Crippen LogP contribution in [0.3, 0.4) is 0 Å². The van der Waals surface area contributed by atoms with E-state index in [2.05, 4.69) is 10.6 Å². The summed E-state index contributed by atoms with van der Waals surface area (Å²) in [5, 5.41) is 6.05. The van der Waals surface area contributed by atoms with Crippen LogP contribution in [0.25, 0.3) is 0 Å². The zero-order valence-electron chi connectivity index (χ0n) is 12.3. The van der Waals surface area contributed by atoms with E-state index in [1.807, 2.05) is 12.1 Å². The molecule has 1 aliphatic rings. The Kier molecular flexibility index (Phi) is 3.96. The normalized spacial score (nSPS) is 14.8. The van der Waals surface area contributed by atoms with Crippen molar-refractivity contribution in [2.24, 2.45) is 5.73 Å². The van der Waals surface area contributed by atoms with Crippen molar-refractivity contribution >= 4 is 34.9 Å². The van der Waals surface area contributed by atoms with E-state index in [0.717, 1.165) is 18.4 Å². The number of rotatable bonds is 4. The van der Waals surface area contributed by atoms with Gasteiger partial charge in [-0.05, 0) is 54.8 Å². The molecule has 4 N–H and O–H groups in total. The predicted molar refractivity (Wildman–Crippen MR) is 90.6 cm³/mol. The molecule has 23 heavy (non-hydrogen) atoms. The van der Waals surface area contributed by atoms with Crippen molar-refractivity contribution in [3.63, 3.8) is 0 Å². The molecule has 0 saturated heterocycles. The third-order valence-electron chi connectivity index (χ3n) is 3.99. The molecule has 0 aliphatic heterocycles. The molecule has 1 saturated carbocycles. The number of benzene rings is 2. The van der Waals surface area contributed by atoms with Crippen molar-refractivity contribution in [3.05, 3.63) is 59.1 Å². The summed E-state index contributed by atoms with van der Waals surface area (Å²) in [6.07, 6.45) is 1.64. The van der Waals surface area contributed by atoms with Gasteiger partial charge in [0.1, 0.15) is 0 Å². The molecule has 1 aliphatic carbocycles. The largest absolute Gasteiger partial charge is 0.351 e. The molecule has 6 heteroatoms. The maximum atomic E-state index is 12.6. The van der Waals surface area contributed by atoms with Gasteiger partial charge in [0.25, 0.3) is 0 Å². The van der Waals surface area contributed by atoms with Gasteiger partial charge in [0.05, 0.1) is 5.41 Å². The molecular formula is C17H16ClN3O2. The summed E-state index contributed by atoms with van der Waals surface area (Å²) in [7, 11) is 0. The maximum Gasteiger partial charge on any atom is 0.316 e. The van der Waals surface area contributed by atoms with Crippen molar-refractivity contribution in [2.75, 3.05) is 10.6 Å². The molecule has 3 rings (SSSR count). The van der Waals surface area contributed by atoms with E-state index in [4.69, 9.17) is 17.3 Å². The third kappa shape index (κ3) is 3.29. The molecule has 2 aromatic carbocycles. The average molecular weight is 330 g/mol. The Bertz CT molecular complexity index is 737. The SMILES string of the molecule is NC(=O)Nc1ccc(NC(=O)C2(c3ccc(Cl)cc3)CC2)cc1. The van der Waals surface area contributed by atoms with Crippen LogP contribution in [0.15, 0.2) is 48.5 Å². The molecular weight excluding hydrogens is 314 g/mol. The van der Waals surface area contributed by atoms with E-state index in [9.17, 15) is 9.59 Å². The topological polar surface area (TPSA) is 84.2 Å². The number of nitrogens with one attached hydrogen (secondary N) is 2. The molecule has 0 aromatic heterocycles. The van der Waals surface area contributed by atoms with Crippen molar-refractivity contribution in [3.8, 4) is 0 Å². The van der Waals surface area contributed by atoms with Gasteiger partial charge >= 0.3 is 6.03 Å². The van der Waals surface area contributed by atoms with Crippen LogP contribution in [0.5, 0.6) is 0 Å². The first-order valence-corrected chi connectivity index (χ1v) is 7.61.